The third-order valence-electron chi connectivity index (χ3n) is 2.32. The predicted octanol–water partition coefficient (Wildman–Crippen LogP) is 3.48. The Kier molecular flexibility index (Phi) is 2.33. The lowest BCUT2D eigenvalue weighted by molar-refractivity contribution is 0.531. The van der Waals surface area contributed by atoms with Crippen LogP contribution in [0.1, 0.15) is 27.2 Å². The SMILES string of the molecule is CCC1(C)C=CC=C(C)C=C1. The van der Waals surface area contributed by atoms with Gasteiger partial charge >= 0.3 is 0 Å². The average Bonchev–Trinajstić information content (AvgIpc) is 2.15. The highest BCUT2D eigenvalue weighted by Crippen LogP contribution is 2.27. The second-order valence-electron chi connectivity index (χ2n) is 3.46. The Bertz CT molecular complexity index is 218. The Morgan fingerprint density at radius 2 is 2.09 bits per heavy atom. The Morgan fingerprint density at radius 3 is 2.73 bits per heavy atom. The van der Waals surface area contributed by atoms with E-state index in [-0.39, 0.29) is 5.41 Å². The van der Waals surface area contributed by atoms with Crippen molar-refractivity contribution in [3.63, 3.8) is 0 Å². The van der Waals surface area contributed by atoms with Crippen LogP contribution in [0.2, 0.25) is 0 Å². The maximum absolute atomic E-state index is 2.28. The molecule has 0 aromatic rings. The van der Waals surface area contributed by atoms with Crippen LogP contribution in [0, 0.1) is 5.41 Å². The average molecular weight is 148 g/mol. The molecule has 11 heavy (non-hydrogen) atoms. The minimum absolute atomic E-state index is 0.272. The van der Waals surface area contributed by atoms with Crippen LogP contribution in [-0.2, 0) is 0 Å². The number of hydrogen-bond donors (Lipinski definition) is 0. The summed E-state index contributed by atoms with van der Waals surface area (Å²) in [6.07, 6.45) is 12.2. The third kappa shape index (κ3) is 2.07. The van der Waals surface area contributed by atoms with Crippen molar-refractivity contribution < 1.29 is 0 Å². The molecular weight excluding hydrogens is 132 g/mol. The molecule has 0 spiro atoms. The Morgan fingerprint density at radius 1 is 1.36 bits per heavy atom. The van der Waals surface area contributed by atoms with Crippen LogP contribution >= 0.6 is 0 Å². The molecular formula is C11H16. The summed E-state index contributed by atoms with van der Waals surface area (Å²) in [5, 5.41) is 0. The van der Waals surface area contributed by atoms with Gasteiger partial charge in [-0.05, 0) is 13.3 Å². The lowest BCUT2D eigenvalue weighted by Gasteiger charge is -2.17. The Labute approximate surface area is 69.3 Å². The quantitative estimate of drug-likeness (QED) is 0.534. The molecule has 60 valence electrons. The van der Waals surface area contributed by atoms with Crippen molar-refractivity contribution >= 4 is 0 Å². The summed E-state index contributed by atoms with van der Waals surface area (Å²) in [6.45, 7) is 6.60. The highest BCUT2D eigenvalue weighted by atomic mass is 14.2. The minimum Gasteiger partial charge on any atom is -0.0748 e. The maximum atomic E-state index is 2.28. The summed E-state index contributed by atoms with van der Waals surface area (Å²) in [5.41, 5.74) is 1.60. The van der Waals surface area contributed by atoms with Gasteiger partial charge in [0.25, 0.3) is 0 Å². The molecule has 0 aromatic carbocycles. The molecule has 1 unspecified atom stereocenters. The van der Waals surface area contributed by atoms with Crippen LogP contribution in [0.3, 0.4) is 0 Å². The van der Waals surface area contributed by atoms with Crippen molar-refractivity contribution in [2.45, 2.75) is 27.2 Å². The first kappa shape index (κ1) is 8.32. The van der Waals surface area contributed by atoms with Crippen molar-refractivity contribution in [2.75, 3.05) is 0 Å². The summed E-state index contributed by atoms with van der Waals surface area (Å²) in [4.78, 5) is 0. The first-order chi connectivity index (χ1) is 5.16. The molecule has 1 atom stereocenters. The molecule has 0 N–H and O–H groups in total. The molecule has 0 aromatic heterocycles. The van der Waals surface area contributed by atoms with E-state index in [2.05, 4.69) is 51.2 Å². The number of allylic oxidation sites excluding steroid dienone is 6. The Hall–Kier alpha value is -0.780. The smallest absolute Gasteiger partial charge is 0.00364 e. The molecule has 1 rings (SSSR count). The van der Waals surface area contributed by atoms with Gasteiger partial charge in [0.05, 0.1) is 0 Å². The van der Waals surface area contributed by atoms with E-state index in [0.29, 0.717) is 0 Å². The molecule has 0 aliphatic heterocycles. The summed E-state index contributed by atoms with van der Waals surface area (Å²) in [5.74, 6) is 0. The monoisotopic (exact) mass is 148 g/mol. The van der Waals surface area contributed by atoms with E-state index < -0.39 is 0 Å². The lowest BCUT2D eigenvalue weighted by atomic mass is 9.87. The van der Waals surface area contributed by atoms with Gasteiger partial charge in [-0.15, -0.1) is 0 Å². The van der Waals surface area contributed by atoms with Crippen LogP contribution in [0.15, 0.2) is 36.0 Å². The minimum atomic E-state index is 0.272. The van der Waals surface area contributed by atoms with E-state index in [1.165, 1.54) is 12.0 Å². The molecule has 0 radical (unpaired) electrons. The number of hydrogen-bond acceptors (Lipinski definition) is 0. The second-order valence-corrected chi connectivity index (χ2v) is 3.46. The zero-order valence-electron chi connectivity index (χ0n) is 7.59. The van der Waals surface area contributed by atoms with Crippen LogP contribution in [-0.4, -0.2) is 0 Å². The van der Waals surface area contributed by atoms with Crippen LogP contribution in [0.25, 0.3) is 0 Å². The van der Waals surface area contributed by atoms with Gasteiger partial charge < -0.3 is 0 Å². The van der Waals surface area contributed by atoms with Crippen molar-refractivity contribution in [2.24, 2.45) is 5.41 Å². The lowest BCUT2D eigenvalue weighted by Crippen LogP contribution is -2.06. The fourth-order valence-electron chi connectivity index (χ4n) is 1.09. The molecule has 0 nitrogen and oxygen atoms in total. The van der Waals surface area contributed by atoms with Gasteiger partial charge in [0, 0.05) is 5.41 Å². The third-order valence-corrected chi connectivity index (χ3v) is 2.32. The molecule has 0 fully saturated rings. The fraction of sp³-hybridized carbons (Fsp3) is 0.455. The Balaban J connectivity index is 2.86. The van der Waals surface area contributed by atoms with E-state index in [1.807, 2.05) is 0 Å². The topological polar surface area (TPSA) is 0 Å². The van der Waals surface area contributed by atoms with Gasteiger partial charge in [0.15, 0.2) is 0 Å². The first-order valence-corrected chi connectivity index (χ1v) is 4.22. The van der Waals surface area contributed by atoms with Crippen LogP contribution < -0.4 is 0 Å². The van der Waals surface area contributed by atoms with Gasteiger partial charge in [-0.1, -0.05) is 49.8 Å². The van der Waals surface area contributed by atoms with Crippen molar-refractivity contribution in [3.8, 4) is 0 Å². The van der Waals surface area contributed by atoms with Crippen molar-refractivity contribution in [1.82, 2.24) is 0 Å². The van der Waals surface area contributed by atoms with E-state index in [1.54, 1.807) is 0 Å². The van der Waals surface area contributed by atoms with Gasteiger partial charge in [-0.25, -0.2) is 0 Å². The molecule has 1 aliphatic carbocycles. The molecule has 0 heterocycles. The van der Waals surface area contributed by atoms with Crippen LogP contribution in [0.4, 0.5) is 0 Å². The van der Waals surface area contributed by atoms with E-state index in [0.717, 1.165) is 0 Å². The molecule has 0 amide bonds. The van der Waals surface area contributed by atoms with Gasteiger partial charge in [-0.2, -0.15) is 0 Å². The second kappa shape index (κ2) is 3.08. The van der Waals surface area contributed by atoms with E-state index >= 15 is 0 Å². The molecule has 0 bridgehead atoms. The summed E-state index contributed by atoms with van der Waals surface area (Å²) < 4.78 is 0. The van der Waals surface area contributed by atoms with Gasteiger partial charge in [0.1, 0.15) is 0 Å². The molecule has 0 saturated carbocycles. The fourth-order valence-corrected chi connectivity index (χ4v) is 1.09. The number of rotatable bonds is 1. The summed E-state index contributed by atoms with van der Waals surface area (Å²) >= 11 is 0. The highest BCUT2D eigenvalue weighted by molar-refractivity contribution is 5.29. The zero-order chi connectivity index (χ0) is 8.32. The standard InChI is InChI=1S/C11H16/c1-4-11(3)8-5-6-10(2)7-9-11/h5-9H,4H2,1-3H3. The van der Waals surface area contributed by atoms with Crippen LogP contribution in [0.5, 0.6) is 0 Å². The largest absolute Gasteiger partial charge is 0.0748 e. The zero-order valence-corrected chi connectivity index (χ0v) is 7.59. The predicted molar refractivity (Wildman–Crippen MR) is 50.4 cm³/mol. The normalized spacial score (nSPS) is 29.9. The van der Waals surface area contributed by atoms with Crippen molar-refractivity contribution in [3.05, 3.63) is 36.0 Å². The molecule has 0 saturated heterocycles. The van der Waals surface area contributed by atoms with Gasteiger partial charge in [0.2, 0.25) is 0 Å². The maximum Gasteiger partial charge on any atom is 0.00364 e. The molecule has 1 aliphatic rings. The van der Waals surface area contributed by atoms with Gasteiger partial charge in [-0.3, -0.25) is 0 Å². The molecule has 0 heteroatoms. The van der Waals surface area contributed by atoms with E-state index in [9.17, 15) is 0 Å². The van der Waals surface area contributed by atoms with E-state index in [4.69, 9.17) is 0 Å². The van der Waals surface area contributed by atoms with Crippen molar-refractivity contribution in [1.29, 1.82) is 0 Å². The summed E-state index contributed by atoms with van der Waals surface area (Å²) in [6, 6.07) is 0. The summed E-state index contributed by atoms with van der Waals surface area (Å²) in [7, 11) is 0. The highest BCUT2D eigenvalue weighted by Gasteiger charge is 2.14. The first-order valence-electron chi connectivity index (χ1n) is 4.22.